The molecule has 2 heteroatoms. The van der Waals surface area contributed by atoms with Crippen LogP contribution in [0.3, 0.4) is 0 Å². The fourth-order valence-corrected chi connectivity index (χ4v) is 4.98. The quantitative estimate of drug-likeness (QED) is 0.783. The van der Waals surface area contributed by atoms with E-state index in [-0.39, 0.29) is 11.5 Å². The summed E-state index contributed by atoms with van der Waals surface area (Å²) in [5, 5.41) is 14.5. The van der Waals surface area contributed by atoms with Crippen LogP contribution in [-0.2, 0) is 0 Å². The first-order chi connectivity index (χ1) is 9.62. The number of hydrogen-bond donors (Lipinski definition) is 1. The summed E-state index contributed by atoms with van der Waals surface area (Å²) in [6.45, 7) is 4.55. The normalized spacial score (nSPS) is 19.8. The Morgan fingerprint density at radius 3 is 2.65 bits per heavy atom. The molecule has 1 unspecified atom stereocenters. The first kappa shape index (κ1) is 14.1. The second-order valence-corrected chi connectivity index (χ2v) is 7.67. The van der Waals surface area contributed by atoms with E-state index in [9.17, 15) is 5.11 Å². The molecule has 1 heterocycles. The van der Waals surface area contributed by atoms with Gasteiger partial charge in [0.15, 0.2) is 0 Å². The molecule has 1 N–H and O–H groups in total. The van der Waals surface area contributed by atoms with Gasteiger partial charge in [0.2, 0.25) is 0 Å². The molecule has 1 aromatic carbocycles. The molecule has 1 atom stereocenters. The molecule has 1 aromatic heterocycles. The number of aliphatic hydroxyl groups is 1. The maximum absolute atomic E-state index is 11.1. The molecular weight excluding hydrogens is 264 g/mol. The average molecular weight is 288 g/mol. The van der Waals surface area contributed by atoms with Gasteiger partial charge < -0.3 is 5.11 Å². The zero-order valence-corrected chi connectivity index (χ0v) is 13.2. The van der Waals surface area contributed by atoms with Gasteiger partial charge in [-0.25, -0.2) is 0 Å². The monoisotopic (exact) mass is 288 g/mol. The smallest absolute Gasteiger partial charge is 0.0860 e. The van der Waals surface area contributed by atoms with E-state index in [1.165, 1.54) is 35.8 Å². The van der Waals surface area contributed by atoms with Crippen molar-refractivity contribution in [1.82, 2.24) is 0 Å². The zero-order valence-electron chi connectivity index (χ0n) is 12.4. The van der Waals surface area contributed by atoms with Crippen molar-refractivity contribution in [2.24, 2.45) is 11.3 Å². The summed E-state index contributed by atoms with van der Waals surface area (Å²) >= 11 is 1.76. The second kappa shape index (κ2) is 5.50. The summed E-state index contributed by atoms with van der Waals surface area (Å²) in [6.07, 6.45) is 5.71. The van der Waals surface area contributed by atoms with E-state index in [2.05, 4.69) is 43.5 Å². The highest BCUT2D eigenvalue weighted by Crippen LogP contribution is 2.52. The SMILES string of the molecule is CC(C)CC1(C(O)c2cccc3ccsc23)CCCC1. The minimum atomic E-state index is -0.310. The fraction of sp³-hybridized carbons (Fsp3) is 0.556. The third-order valence-corrected chi connectivity index (χ3v) is 5.78. The van der Waals surface area contributed by atoms with E-state index < -0.39 is 0 Å². The van der Waals surface area contributed by atoms with Crippen LogP contribution < -0.4 is 0 Å². The lowest BCUT2D eigenvalue weighted by atomic mass is 9.72. The molecule has 0 bridgehead atoms. The van der Waals surface area contributed by atoms with E-state index in [1.807, 2.05) is 0 Å². The van der Waals surface area contributed by atoms with E-state index in [0.717, 1.165) is 12.0 Å². The molecule has 0 radical (unpaired) electrons. The van der Waals surface area contributed by atoms with Gasteiger partial charge >= 0.3 is 0 Å². The van der Waals surface area contributed by atoms with E-state index in [1.54, 1.807) is 11.3 Å². The minimum absolute atomic E-state index is 0.104. The molecule has 1 aliphatic carbocycles. The summed E-state index contributed by atoms with van der Waals surface area (Å²) in [4.78, 5) is 0. The van der Waals surface area contributed by atoms with Gasteiger partial charge in [-0.1, -0.05) is 44.9 Å². The number of rotatable bonds is 4. The van der Waals surface area contributed by atoms with Crippen LogP contribution in [0.1, 0.15) is 57.6 Å². The Bertz CT molecular complexity index is 578. The van der Waals surface area contributed by atoms with Crippen molar-refractivity contribution in [3.05, 3.63) is 35.2 Å². The molecule has 108 valence electrons. The molecule has 1 nitrogen and oxygen atoms in total. The van der Waals surface area contributed by atoms with Crippen molar-refractivity contribution in [3.63, 3.8) is 0 Å². The van der Waals surface area contributed by atoms with Crippen molar-refractivity contribution in [1.29, 1.82) is 0 Å². The van der Waals surface area contributed by atoms with Crippen LogP contribution in [0.2, 0.25) is 0 Å². The first-order valence-electron chi connectivity index (χ1n) is 7.77. The van der Waals surface area contributed by atoms with Crippen LogP contribution in [0, 0.1) is 11.3 Å². The number of thiophene rings is 1. The first-order valence-corrected chi connectivity index (χ1v) is 8.64. The van der Waals surface area contributed by atoms with Crippen LogP contribution >= 0.6 is 11.3 Å². The van der Waals surface area contributed by atoms with Crippen molar-refractivity contribution in [2.45, 2.75) is 52.1 Å². The molecule has 2 aromatic rings. The third-order valence-electron chi connectivity index (χ3n) is 4.80. The molecule has 1 fully saturated rings. The lowest BCUT2D eigenvalue weighted by molar-refractivity contribution is 0.0123. The van der Waals surface area contributed by atoms with Gasteiger partial charge in [0.05, 0.1) is 6.10 Å². The predicted octanol–water partition coefficient (Wildman–Crippen LogP) is 5.54. The molecule has 0 amide bonds. The van der Waals surface area contributed by atoms with E-state index in [4.69, 9.17) is 0 Å². The number of hydrogen-bond acceptors (Lipinski definition) is 2. The largest absolute Gasteiger partial charge is 0.388 e. The third kappa shape index (κ3) is 2.40. The van der Waals surface area contributed by atoms with Gasteiger partial charge in [0.1, 0.15) is 0 Å². The predicted molar refractivity (Wildman–Crippen MR) is 87.1 cm³/mol. The van der Waals surface area contributed by atoms with Crippen molar-refractivity contribution >= 4 is 21.4 Å². The summed E-state index contributed by atoms with van der Waals surface area (Å²) in [5.74, 6) is 0.644. The summed E-state index contributed by atoms with van der Waals surface area (Å²) in [6, 6.07) is 8.52. The Kier molecular flexibility index (Phi) is 3.87. The van der Waals surface area contributed by atoms with Gasteiger partial charge in [-0.3, -0.25) is 0 Å². The van der Waals surface area contributed by atoms with Gasteiger partial charge in [-0.05, 0) is 47.6 Å². The minimum Gasteiger partial charge on any atom is -0.388 e. The Labute approximate surface area is 125 Å². The molecule has 0 spiro atoms. The van der Waals surface area contributed by atoms with Crippen LogP contribution in [0.25, 0.3) is 10.1 Å². The summed E-state index contributed by atoms with van der Waals surface area (Å²) in [5.41, 5.74) is 1.26. The van der Waals surface area contributed by atoms with Gasteiger partial charge in [0, 0.05) is 10.1 Å². The van der Waals surface area contributed by atoms with Crippen LogP contribution in [-0.4, -0.2) is 5.11 Å². The van der Waals surface area contributed by atoms with E-state index >= 15 is 0 Å². The van der Waals surface area contributed by atoms with Crippen molar-refractivity contribution < 1.29 is 5.11 Å². The number of fused-ring (bicyclic) bond motifs is 1. The highest BCUT2D eigenvalue weighted by molar-refractivity contribution is 7.17. The van der Waals surface area contributed by atoms with Gasteiger partial charge in [-0.2, -0.15) is 0 Å². The van der Waals surface area contributed by atoms with Crippen LogP contribution in [0.4, 0.5) is 0 Å². The molecule has 1 saturated carbocycles. The Morgan fingerprint density at radius 2 is 1.95 bits per heavy atom. The highest BCUT2D eigenvalue weighted by Gasteiger charge is 2.42. The lowest BCUT2D eigenvalue weighted by Crippen LogP contribution is -2.27. The molecule has 0 saturated heterocycles. The van der Waals surface area contributed by atoms with Gasteiger partial charge in [-0.15, -0.1) is 11.3 Å². The highest BCUT2D eigenvalue weighted by atomic mass is 32.1. The molecule has 20 heavy (non-hydrogen) atoms. The maximum Gasteiger partial charge on any atom is 0.0860 e. The zero-order chi connectivity index (χ0) is 14.2. The van der Waals surface area contributed by atoms with Crippen LogP contribution in [0.15, 0.2) is 29.6 Å². The van der Waals surface area contributed by atoms with E-state index in [0.29, 0.717) is 5.92 Å². The van der Waals surface area contributed by atoms with Crippen molar-refractivity contribution in [2.75, 3.05) is 0 Å². The summed E-state index contributed by atoms with van der Waals surface area (Å²) < 4.78 is 1.27. The Morgan fingerprint density at radius 1 is 1.20 bits per heavy atom. The Hall–Kier alpha value is -0.860. The molecule has 3 rings (SSSR count). The van der Waals surface area contributed by atoms with Crippen molar-refractivity contribution in [3.8, 4) is 0 Å². The molecule has 0 aliphatic heterocycles. The number of aliphatic hydroxyl groups excluding tert-OH is 1. The standard InChI is InChI=1S/C18H24OS/c1-13(2)12-18(9-3-4-10-18)17(19)15-7-5-6-14-8-11-20-16(14)15/h5-8,11,13,17,19H,3-4,9-10,12H2,1-2H3. The topological polar surface area (TPSA) is 20.2 Å². The van der Waals surface area contributed by atoms with Crippen LogP contribution in [0.5, 0.6) is 0 Å². The summed E-state index contributed by atoms with van der Waals surface area (Å²) in [7, 11) is 0. The maximum atomic E-state index is 11.1. The lowest BCUT2D eigenvalue weighted by Gasteiger charge is -2.36. The number of benzene rings is 1. The molecular formula is C18H24OS. The Balaban J connectivity index is 2.01. The molecule has 1 aliphatic rings. The average Bonchev–Trinajstić information content (AvgIpc) is 3.05. The second-order valence-electron chi connectivity index (χ2n) is 6.76. The van der Waals surface area contributed by atoms with Gasteiger partial charge in [0.25, 0.3) is 0 Å². The fourth-order valence-electron chi connectivity index (χ4n) is 4.04.